The minimum atomic E-state index is -0.397. The highest BCUT2D eigenvalue weighted by Gasteiger charge is 2.26. The fourth-order valence-corrected chi connectivity index (χ4v) is 4.15. The molecule has 0 bridgehead atoms. The van der Waals surface area contributed by atoms with Gasteiger partial charge in [0.2, 0.25) is 11.7 Å². The Hall–Kier alpha value is -3.10. The van der Waals surface area contributed by atoms with Crippen LogP contribution in [0.25, 0.3) is 11.4 Å². The summed E-state index contributed by atoms with van der Waals surface area (Å²) in [5, 5.41) is 7.10. The van der Waals surface area contributed by atoms with Gasteiger partial charge in [0.25, 0.3) is 5.91 Å². The van der Waals surface area contributed by atoms with Crippen LogP contribution in [0.2, 0.25) is 0 Å². The molecule has 3 atom stereocenters. The molecule has 8 heteroatoms. The Balaban J connectivity index is 1.41. The van der Waals surface area contributed by atoms with E-state index in [1.807, 2.05) is 50.2 Å². The van der Waals surface area contributed by atoms with Gasteiger partial charge in [-0.1, -0.05) is 31.1 Å². The number of morpholine rings is 1. The lowest BCUT2D eigenvalue weighted by Crippen LogP contribution is -2.44. The maximum absolute atomic E-state index is 13.0. The van der Waals surface area contributed by atoms with Crippen molar-refractivity contribution in [1.82, 2.24) is 25.3 Å². The number of hydrogen-bond acceptors (Lipinski definition) is 7. The van der Waals surface area contributed by atoms with Crippen molar-refractivity contribution in [3.8, 4) is 11.4 Å². The Morgan fingerprint density at radius 3 is 2.52 bits per heavy atom. The third-order valence-electron chi connectivity index (χ3n) is 5.70. The topological polar surface area (TPSA) is 93.4 Å². The minimum Gasteiger partial charge on any atom is -0.373 e. The molecule has 3 unspecified atom stereocenters. The largest absolute Gasteiger partial charge is 0.373 e. The zero-order valence-corrected chi connectivity index (χ0v) is 19.6. The van der Waals surface area contributed by atoms with Crippen LogP contribution < -0.4 is 5.32 Å². The average Bonchev–Trinajstić information content (AvgIpc) is 3.27. The number of nitrogens with one attached hydrogen (secondary N) is 1. The molecule has 1 N–H and O–H groups in total. The van der Waals surface area contributed by atoms with Crippen LogP contribution in [0.1, 0.15) is 55.5 Å². The van der Waals surface area contributed by atoms with E-state index in [0.717, 1.165) is 25.2 Å². The Morgan fingerprint density at radius 2 is 1.88 bits per heavy atom. The Morgan fingerprint density at radius 1 is 1.15 bits per heavy atom. The van der Waals surface area contributed by atoms with E-state index in [1.54, 1.807) is 12.4 Å². The summed E-state index contributed by atoms with van der Waals surface area (Å²) in [5.41, 5.74) is 2.53. The van der Waals surface area contributed by atoms with Gasteiger partial charge in [-0.3, -0.25) is 14.7 Å². The molecule has 3 aromatic rings. The fraction of sp³-hybridized carbons (Fsp3) is 0.440. The molecule has 3 heterocycles. The number of hydrogen-bond donors (Lipinski definition) is 1. The van der Waals surface area contributed by atoms with E-state index in [0.29, 0.717) is 17.3 Å². The highest BCUT2D eigenvalue weighted by atomic mass is 16.5. The number of aromatic nitrogens is 3. The van der Waals surface area contributed by atoms with Crippen LogP contribution in [-0.2, 0) is 11.3 Å². The summed E-state index contributed by atoms with van der Waals surface area (Å²) in [7, 11) is 0. The van der Waals surface area contributed by atoms with Crippen LogP contribution in [0.5, 0.6) is 0 Å². The molecule has 0 aliphatic carbocycles. The molecule has 1 aliphatic rings. The molecule has 8 nitrogen and oxygen atoms in total. The van der Waals surface area contributed by atoms with Crippen LogP contribution in [0.15, 0.2) is 53.3 Å². The lowest BCUT2D eigenvalue weighted by atomic mass is 10.0. The van der Waals surface area contributed by atoms with Crippen molar-refractivity contribution >= 4 is 5.91 Å². The molecule has 0 radical (unpaired) electrons. The number of pyridine rings is 1. The summed E-state index contributed by atoms with van der Waals surface area (Å²) >= 11 is 0. The Labute approximate surface area is 194 Å². The first-order chi connectivity index (χ1) is 15.9. The van der Waals surface area contributed by atoms with Gasteiger partial charge >= 0.3 is 0 Å². The van der Waals surface area contributed by atoms with Gasteiger partial charge in [0.1, 0.15) is 6.04 Å². The zero-order chi connectivity index (χ0) is 23.4. The number of amides is 1. The molecule has 1 saturated heterocycles. The van der Waals surface area contributed by atoms with E-state index in [4.69, 9.17) is 9.26 Å². The molecular formula is C25H31N5O3. The molecule has 1 fully saturated rings. The molecule has 174 valence electrons. The summed E-state index contributed by atoms with van der Waals surface area (Å²) in [6.45, 7) is 10.9. The molecule has 1 aliphatic heterocycles. The molecule has 4 rings (SSSR count). The van der Waals surface area contributed by atoms with E-state index in [1.165, 1.54) is 5.56 Å². The van der Waals surface area contributed by atoms with E-state index in [2.05, 4.69) is 39.2 Å². The lowest BCUT2D eigenvalue weighted by molar-refractivity contribution is -0.0704. The monoisotopic (exact) mass is 449 g/mol. The first-order valence-corrected chi connectivity index (χ1v) is 11.4. The SMILES string of the molecule is CC1CN(Cc2ccc(C(=O)NC(c3nc(-c4cccnc4)no3)C(C)C)cc2)CC(C)O1. The van der Waals surface area contributed by atoms with Crippen LogP contribution in [0, 0.1) is 5.92 Å². The summed E-state index contributed by atoms with van der Waals surface area (Å²) in [6, 6.07) is 11.0. The van der Waals surface area contributed by atoms with Crippen molar-refractivity contribution in [2.24, 2.45) is 5.92 Å². The molecule has 1 amide bonds. The van der Waals surface area contributed by atoms with E-state index >= 15 is 0 Å². The highest BCUT2D eigenvalue weighted by Crippen LogP contribution is 2.24. The van der Waals surface area contributed by atoms with Gasteiger partial charge in [-0.15, -0.1) is 0 Å². The third-order valence-corrected chi connectivity index (χ3v) is 5.70. The number of carbonyl (C=O) groups is 1. The molecular weight excluding hydrogens is 418 g/mol. The van der Waals surface area contributed by atoms with Crippen molar-refractivity contribution in [3.05, 3.63) is 65.8 Å². The summed E-state index contributed by atoms with van der Waals surface area (Å²) in [4.78, 5) is 23.9. The van der Waals surface area contributed by atoms with Crippen molar-refractivity contribution in [2.45, 2.75) is 52.5 Å². The van der Waals surface area contributed by atoms with Crippen LogP contribution in [0.3, 0.4) is 0 Å². The first kappa shape index (κ1) is 23.1. The second-order valence-corrected chi connectivity index (χ2v) is 9.04. The quantitative estimate of drug-likeness (QED) is 0.585. The normalized spacial score (nSPS) is 20.0. The van der Waals surface area contributed by atoms with Gasteiger partial charge < -0.3 is 14.6 Å². The Kier molecular flexibility index (Phi) is 7.15. The van der Waals surface area contributed by atoms with Crippen LogP contribution >= 0.6 is 0 Å². The molecule has 0 spiro atoms. The second kappa shape index (κ2) is 10.2. The van der Waals surface area contributed by atoms with Gasteiger partial charge in [-0.25, -0.2) is 0 Å². The number of nitrogens with zero attached hydrogens (tertiary/aromatic N) is 4. The summed E-state index contributed by atoms with van der Waals surface area (Å²) in [5.74, 6) is 0.731. The summed E-state index contributed by atoms with van der Waals surface area (Å²) < 4.78 is 11.3. The standard InChI is InChI=1S/C25H31N5O3/c1-16(2)22(25-28-23(29-33-25)21-6-5-11-26-12-21)27-24(31)20-9-7-19(8-10-20)15-30-13-17(3)32-18(4)14-30/h5-12,16-18,22H,13-15H2,1-4H3,(H,27,31). The van der Waals surface area contributed by atoms with E-state index in [9.17, 15) is 4.79 Å². The maximum atomic E-state index is 13.0. The molecule has 33 heavy (non-hydrogen) atoms. The van der Waals surface area contributed by atoms with Crippen molar-refractivity contribution in [3.63, 3.8) is 0 Å². The lowest BCUT2D eigenvalue weighted by Gasteiger charge is -2.35. The van der Waals surface area contributed by atoms with Gasteiger partial charge in [-0.05, 0) is 49.6 Å². The number of ether oxygens (including phenoxy) is 1. The number of carbonyl (C=O) groups excluding carboxylic acids is 1. The van der Waals surface area contributed by atoms with Crippen LogP contribution in [-0.4, -0.2) is 51.2 Å². The predicted molar refractivity (Wildman–Crippen MR) is 124 cm³/mol. The van der Waals surface area contributed by atoms with Gasteiger partial charge in [-0.2, -0.15) is 4.98 Å². The Bertz CT molecular complexity index is 1040. The molecule has 1 aromatic carbocycles. The smallest absolute Gasteiger partial charge is 0.251 e. The highest BCUT2D eigenvalue weighted by molar-refractivity contribution is 5.94. The van der Waals surface area contributed by atoms with Gasteiger partial charge in [0.05, 0.1) is 12.2 Å². The summed E-state index contributed by atoms with van der Waals surface area (Å²) in [6.07, 6.45) is 3.83. The van der Waals surface area contributed by atoms with E-state index < -0.39 is 6.04 Å². The zero-order valence-electron chi connectivity index (χ0n) is 19.6. The van der Waals surface area contributed by atoms with Gasteiger partial charge in [0, 0.05) is 43.2 Å². The van der Waals surface area contributed by atoms with Crippen molar-refractivity contribution in [1.29, 1.82) is 0 Å². The molecule has 2 aromatic heterocycles. The van der Waals surface area contributed by atoms with E-state index in [-0.39, 0.29) is 24.0 Å². The van der Waals surface area contributed by atoms with Gasteiger partial charge in [0.15, 0.2) is 0 Å². The number of rotatable bonds is 7. The molecule has 0 saturated carbocycles. The van der Waals surface area contributed by atoms with Crippen molar-refractivity contribution < 1.29 is 14.1 Å². The number of benzene rings is 1. The third kappa shape index (κ3) is 5.83. The first-order valence-electron chi connectivity index (χ1n) is 11.4. The maximum Gasteiger partial charge on any atom is 0.251 e. The fourth-order valence-electron chi connectivity index (χ4n) is 4.15. The van der Waals surface area contributed by atoms with Crippen LogP contribution in [0.4, 0.5) is 0 Å². The predicted octanol–water partition coefficient (Wildman–Crippen LogP) is 3.87. The minimum absolute atomic E-state index is 0.0701. The second-order valence-electron chi connectivity index (χ2n) is 9.04. The average molecular weight is 450 g/mol. The van der Waals surface area contributed by atoms with Crippen molar-refractivity contribution in [2.75, 3.05) is 13.1 Å².